The molecule has 5 heteroatoms. The summed E-state index contributed by atoms with van der Waals surface area (Å²) in [5.41, 5.74) is 4.41. The number of nitrogens with zero attached hydrogens (tertiary/aromatic N) is 2. The lowest BCUT2D eigenvalue weighted by atomic mass is 10.0. The minimum absolute atomic E-state index is 0.215. The first-order chi connectivity index (χ1) is 13.7. The topological polar surface area (TPSA) is 57.4 Å². The SMILES string of the molecule is COc1ccc(-c2nnc(COc3ccc(-c4ccc(C)cc4)cc3)o2)cc1. The minimum atomic E-state index is 0.215. The highest BCUT2D eigenvalue weighted by Crippen LogP contribution is 2.24. The Bertz CT molecular complexity index is 1040. The molecule has 0 radical (unpaired) electrons. The van der Waals surface area contributed by atoms with Gasteiger partial charge in [0.05, 0.1) is 7.11 Å². The summed E-state index contributed by atoms with van der Waals surface area (Å²) in [5, 5.41) is 8.13. The Morgan fingerprint density at radius 1 is 0.714 bits per heavy atom. The standard InChI is InChI=1S/C23H20N2O3/c1-16-3-5-17(6-4-16)18-7-13-21(14-8-18)27-15-22-24-25-23(28-22)19-9-11-20(26-2)12-10-19/h3-14H,15H2,1-2H3. The molecule has 0 unspecified atom stereocenters. The highest BCUT2D eigenvalue weighted by Gasteiger charge is 2.09. The first kappa shape index (κ1) is 17.8. The van der Waals surface area contributed by atoms with Crippen LogP contribution in [0.15, 0.2) is 77.2 Å². The number of benzene rings is 3. The third kappa shape index (κ3) is 4.04. The van der Waals surface area contributed by atoms with E-state index in [9.17, 15) is 0 Å². The van der Waals surface area contributed by atoms with Gasteiger partial charge in [0.2, 0.25) is 5.89 Å². The van der Waals surface area contributed by atoms with Gasteiger partial charge in [-0.15, -0.1) is 10.2 Å². The second kappa shape index (κ2) is 7.96. The Kier molecular flexibility index (Phi) is 5.06. The van der Waals surface area contributed by atoms with E-state index in [1.54, 1.807) is 7.11 Å². The molecule has 0 aliphatic carbocycles. The first-order valence-corrected chi connectivity index (χ1v) is 8.98. The fourth-order valence-corrected chi connectivity index (χ4v) is 2.80. The third-order valence-corrected chi connectivity index (χ3v) is 4.41. The normalized spacial score (nSPS) is 10.6. The molecule has 0 bridgehead atoms. The Hall–Kier alpha value is -3.60. The second-order valence-corrected chi connectivity index (χ2v) is 6.41. The summed E-state index contributed by atoms with van der Waals surface area (Å²) in [4.78, 5) is 0. The number of hydrogen-bond acceptors (Lipinski definition) is 5. The van der Waals surface area contributed by atoms with Crippen LogP contribution in [0.5, 0.6) is 11.5 Å². The molecular formula is C23H20N2O3. The molecule has 5 nitrogen and oxygen atoms in total. The van der Waals surface area contributed by atoms with E-state index >= 15 is 0 Å². The van der Waals surface area contributed by atoms with Gasteiger partial charge in [0.25, 0.3) is 5.89 Å². The van der Waals surface area contributed by atoms with Gasteiger partial charge in [-0.2, -0.15) is 0 Å². The van der Waals surface area contributed by atoms with Gasteiger partial charge in [0.15, 0.2) is 6.61 Å². The summed E-state index contributed by atoms with van der Waals surface area (Å²) >= 11 is 0. The zero-order valence-electron chi connectivity index (χ0n) is 15.8. The molecule has 1 heterocycles. The second-order valence-electron chi connectivity index (χ2n) is 6.41. The molecule has 140 valence electrons. The summed E-state index contributed by atoms with van der Waals surface area (Å²) in [6.45, 7) is 2.30. The molecule has 0 aliphatic rings. The zero-order chi connectivity index (χ0) is 19.3. The molecule has 0 amide bonds. The van der Waals surface area contributed by atoms with Gasteiger partial charge in [-0.05, 0) is 54.4 Å². The van der Waals surface area contributed by atoms with Gasteiger partial charge in [-0.3, -0.25) is 0 Å². The Morgan fingerprint density at radius 3 is 1.93 bits per heavy atom. The lowest BCUT2D eigenvalue weighted by molar-refractivity contribution is 0.264. The van der Waals surface area contributed by atoms with Crippen molar-refractivity contribution in [2.45, 2.75) is 13.5 Å². The van der Waals surface area contributed by atoms with Crippen LogP contribution in [0.1, 0.15) is 11.5 Å². The number of hydrogen-bond donors (Lipinski definition) is 0. The lowest BCUT2D eigenvalue weighted by Gasteiger charge is -2.06. The number of rotatable bonds is 6. The smallest absolute Gasteiger partial charge is 0.254 e. The third-order valence-electron chi connectivity index (χ3n) is 4.41. The van der Waals surface area contributed by atoms with Crippen molar-refractivity contribution in [3.8, 4) is 34.1 Å². The van der Waals surface area contributed by atoms with Gasteiger partial charge in [0.1, 0.15) is 11.5 Å². The summed E-state index contributed by atoms with van der Waals surface area (Å²) in [7, 11) is 1.63. The predicted molar refractivity (Wildman–Crippen MR) is 107 cm³/mol. The van der Waals surface area contributed by atoms with E-state index in [-0.39, 0.29) is 6.61 Å². The number of ether oxygens (including phenoxy) is 2. The number of aryl methyl sites for hydroxylation is 1. The Balaban J connectivity index is 1.39. The van der Waals surface area contributed by atoms with Crippen LogP contribution >= 0.6 is 0 Å². The van der Waals surface area contributed by atoms with Crippen LogP contribution < -0.4 is 9.47 Å². The average molecular weight is 372 g/mol. The summed E-state index contributed by atoms with van der Waals surface area (Å²) in [6.07, 6.45) is 0. The van der Waals surface area contributed by atoms with Crippen LogP contribution in [0, 0.1) is 6.92 Å². The first-order valence-electron chi connectivity index (χ1n) is 8.98. The van der Waals surface area contributed by atoms with Crippen molar-refractivity contribution in [1.82, 2.24) is 10.2 Å². The zero-order valence-corrected chi connectivity index (χ0v) is 15.8. The maximum Gasteiger partial charge on any atom is 0.254 e. The Labute approximate surface area is 163 Å². The molecule has 1 aromatic heterocycles. The van der Waals surface area contributed by atoms with Crippen LogP contribution in [-0.4, -0.2) is 17.3 Å². The molecule has 0 fully saturated rings. The molecule has 0 N–H and O–H groups in total. The van der Waals surface area contributed by atoms with Crippen molar-refractivity contribution in [3.05, 3.63) is 84.3 Å². The van der Waals surface area contributed by atoms with Gasteiger partial charge in [0, 0.05) is 5.56 Å². The van der Waals surface area contributed by atoms with Crippen molar-refractivity contribution >= 4 is 0 Å². The highest BCUT2D eigenvalue weighted by atomic mass is 16.5. The number of aromatic nitrogens is 2. The molecule has 4 rings (SSSR count). The van der Waals surface area contributed by atoms with E-state index in [0.717, 1.165) is 22.6 Å². The van der Waals surface area contributed by atoms with Crippen molar-refractivity contribution in [1.29, 1.82) is 0 Å². The largest absolute Gasteiger partial charge is 0.497 e. The monoisotopic (exact) mass is 372 g/mol. The molecule has 0 saturated carbocycles. The Morgan fingerprint density at radius 2 is 1.29 bits per heavy atom. The van der Waals surface area contributed by atoms with E-state index in [0.29, 0.717) is 11.8 Å². The minimum Gasteiger partial charge on any atom is -0.497 e. The van der Waals surface area contributed by atoms with E-state index in [1.807, 2.05) is 48.5 Å². The van der Waals surface area contributed by atoms with Crippen LogP contribution in [-0.2, 0) is 6.61 Å². The van der Waals surface area contributed by atoms with Gasteiger partial charge in [-0.25, -0.2) is 0 Å². The molecule has 0 atom stereocenters. The van der Waals surface area contributed by atoms with E-state index in [1.165, 1.54) is 11.1 Å². The lowest BCUT2D eigenvalue weighted by Crippen LogP contribution is -1.95. The quantitative estimate of drug-likeness (QED) is 0.460. The van der Waals surface area contributed by atoms with Crippen LogP contribution in [0.25, 0.3) is 22.6 Å². The molecule has 28 heavy (non-hydrogen) atoms. The van der Waals surface area contributed by atoms with Crippen molar-refractivity contribution in [3.63, 3.8) is 0 Å². The van der Waals surface area contributed by atoms with E-state index in [4.69, 9.17) is 13.9 Å². The van der Waals surface area contributed by atoms with E-state index < -0.39 is 0 Å². The van der Waals surface area contributed by atoms with Crippen LogP contribution in [0.3, 0.4) is 0 Å². The van der Waals surface area contributed by atoms with Crippen molar-refractivity contribution in [2.24, 2.45) is 0 Å². The predicted octanol–water partition coefficient (Wildman–Crippen LogP) is 5.30. The van der Waals surface area contributed by atoms with Gasteiger partial charge < -0.3 is 13.9 Å². The molecular weight excluding hydrogens is 352 g/mol. The number of methoxy groups -OCH3 is 1. The van der Waals surface area contributed by atoms with Crippen molar-refractivity contribution < 1.29 is 13.9 Å². The highest BCUT2D eigenvalue weighted by molar-refractivity contribution is 5.64. The van der Waals surface area contributed by atoms with Gasteiger partial charge in [-0.1, -0.05) is 42.0 Å². The van der Waals surface area contributed by atoms with Crippen molar-refractivity contribution in [2.75, 3.05) is 7.11 Å². The molecule has 3 aromatic carbocycles. The maximum absolute atomic E-state index is 5.77. The fourth-order valence-electron chi connectivity index (χ4n) is 2.80. The summed E-state index contributed by atoms with van der Waals surface area (Å²) in [5.74, 6) is 2.41. The molecule has 0 aliphatic heterocycles. The fraction of sp³-hybridized carbons (Fsp3) is 0.130. The summed E-state index contributed by atoms with van der Waals surface area (Å²) < 4.78 is 16.6. The summed E-state index contributed by atoms with van der Waals surface area (Å²) in [6, 6.07) is 23.9. The molecule has 4 aromatic rings. The molecule has 0 saturated heterocycles. The van der Waals surface area contributed by atoms with E-state index in [2.05, 4.69) is 41.4 Å². The average Bonchev–Trinajstić information content (AvgIpc) is 3.22. The maximum atomic E-state index is 5.77. The van der Waals surface area contributed by atoms with Crippen LogP contribution in [0.2, 0.25) is 0 Å². The van der Waals surface area contributed by atoms with Crippen LogP contribution in [0.4, 0.5) is 0 Å². The molecule has 0 spiro atoms. The van der Waals surface area contributed by atoms with Gasteiger partial charge >= 0.3 is 0 Å².